The van der Waals surface area contributed by atoms with Crippen molar-refractivity contribution in [2.45, 2.75) is 23.2 Å². The van der Waals surface area contributed by atoms with Crippen LogP contribution in [0.4, 0.5) is 13.2 Å². The number of halogens is 3. The first kappa shape index (κ1) is 14.6. The van der Waals surface area contributed by atoms with E-state index in [2.05, 4.69) is 0 Å². The first-order valence-electron chi connectivity index (χ1n) is 4.89. The van der Waals surface area contributed by atoms with Crippen LogP contribution in [0, 0.1) is 0 Å². The average molecular weight is 278 g/mol. The van der Waals surface area contributed by atoms with E-state index in [1.807, 2.05) is 0 Å². The molecule has 0 bridgehead atoms. The largest absolute Gasteiger partial charge is 0.478 e. The van der Waals surface area contributed by atoms with E-state index in [0.29, 0.717) is 6.29 Å². The molecule has 0 saturated heterocycles. The van der Waals surface area contributed by atoms with Crippen molar-refractivity contribution in [3.63, 3.8) is 0 Å². The molecule has 1 N–H and O–H groups in total. The Bertz CT molecular complexity index is 457. The van der Waals surface area contributed by atoms with E-state index < -0.39 is 11.5 Å². The second-order valence-corrected chi connectivity index (χ2v) is 4.52. The molecule has 0 atom stereocenters. The molecular formula is C11H9F3O3S. The Balaban J connectivity index is 3.04. The summed E-state index contributed by atoms with van der Waals surface area (Å²) in [6.45, 7) is 0. The number of alkyl halides is 3. The fourth-order valence-electron chi connectivity index (χ4n) is 1.40. The lowest BCUT2D eigenvalue weighted by atomic mass is 10.0. The lowest BCUT2D eigenvalue weighted by Crippen LogP contribution is -2.04. The minimum Gasteiger partial charge on any atom is -0.478 e. The molecule has 0 amide bonds. The van der Waals surface area contributed by atoms with Crippen LogP contribution in [0.15, 0.2) is 23.1 Å². The predicted molar refractivity (Wildman–Crippen MR) is 59.7 cm³/mol. The van der Waals surface area contributed by atoms with Gasteiger partial charge in [0, 0.05) is 11.3 Å². The lowest BCUT2D eigenvalue weighted by Gasteiger charge is -2.09. The second kappa shape index (κ2) is 5.90. The van der Waals surface area contributed by atoms with E-state index in [9.17, 15) is 22.8 Å². The van der Waals surface area contributed by atoms with E-state index >= 15 is 0 Å². The van der Waals surface area contributed by atoms with Gasteiger partial charge in [-0.05, 0) is 41.9 Å². The topological polar surface area (TPSA) is 54.4 Å². The molecule has 1 aromatic carbocycles. The van der Waals surface area contributed by atoms with Gasteiger partial charge in [0.1, 0.15) is 6.29 Å². The average Bonchev–Trinajstić information content (AvgIpc) is 2.23. The van der Waals surface area contributed by atoms with Gasteiger partial charge in [-0.15, -0.1) is 0 Å². The zero-order valence-electron chi connectivity index (χ0n) is 9.03. The quantitative estimate of drug-likeness (QED) is 0.664. The van der Waals surface area contributed by atoms with Gasteiger partial charge in [0.15, 0.2) is 0 Å². The minimum absolute atomic E-state index is 0.0699. The number of thioether (sulfide) groups is 1. The third-order valence-corrected chi connectivity index (χ3v) is 2.79. The number of carboxylic acid groups (broad SMARTS) is 1. The molecule has 1 aromatic rings. The highest BCUT2D eigenvalue weighted by atomic mass is 32.2. The number of carbonyl (C=O) groups is 2. The number of benzene rings is 1. The molecule has 0 radical (unpaired) electrons. The molecule has 3 nitrogen and oxygen atoms in total. The van der Waals surface area contributed by atoms with Gasteiger partial charge in [-0.2, -0.15) is 13.2 Å². The van der Waals surface area contributed by atoms with E-state index in [4.69, 9.17) is 5.11 Å². The van der Waals surface area contributed by atoms with Gasteiger partial charge < -0.3 is 9.90 Å². The van der Waals surface area contributed by atoms with Crippen LogP contribution in [-0.4, -0.2) is 22.9 Å². The number of carbonyl (C=O) groups excluding carboxylic acids is 1. The Morgan fingerprint density at radius 1 is 1.39 bits per heavy atom. The first-order valence-corrected chi connectivity index (χ1v) is 5.70. The Hall–Kier alpha value is -1.50. The smallest absolute Gasteiger partial charge is 0.446 e. The fraction of sp³-hybridized carbons (Fsp3) is 0.273. The van der Waals surface area contributed by atoms with Crippen molar-refractivity contribution in [2.75, 3.05) is 0 Å². The van der Waals surface area contributed by atoms with Gasteiger partial charge in [-0.25, -0.2) is 4.79 Å². The molecule has 0 fully saturated rings. The number of aromatic carboxylic acids is 1. The summed E-state index contributed by atoms with van der Waals surface area (Å²) in [5.74, 6) is -1.22. The molecule has 7 heteroatoms. The van der Waals surface area contributed by atoms with Crippen LogP contribution in [0.1, 0.15) is 22.3 Å². The summed E-state index contributed by atoms with van der Waals surface area (Å²) in [6.07, 6.45) is 0.771. The third kappa shape index (κ3) is 4.40. The second-order valence-electron chi connectivity index (χ2n) is 3.38. The Morgan fingerprint density at radius 2 is 2.06 bits per heavy atom. The molecule has 0 spiro atoms. The normalized spacial score (nSPS) is 11.3. The van der Waals surface area contributed by atoms with E-state index in [1.165, 1.54) is 0 Å². The predicted octanol–water partition coefficient (Wildman–Crippen LogP) is 3.13. The highest BCUT2D eigenvalue weighted by Gasteiger charge is 2.29. The van der Waals surface area contributed by atoms with Crippen molar-refractivity contribution in [3.05, 3.63) is 29.3 Å². The highest BCUT2D eigenvalue weighted by Crippen LogP contribution is 2.37. The number of hydrogen-bond acceptors (Lipinski definition) is 3. The number of aldehydes is 1. The molecular weight excluding hydrogens is 269 g/mol. The molecule has 0 aliphatic carbocycles. The van der Waals surface area contributed by atoms with Gasteiger partial charge >= 0.3 is 11.5 Å². The monoisotopic (exact) mass is 278 g/mol. The molecule has 0 aliphatic rings. The van der Waals surface area contributed by atoms with Gasteiger partial charge in [0.05, 0.1) is 5.56 Å². The standard InChI is InChI=1S/C11H9F3O3S/c12-11(13,14)18-8-3-4-9(10(16)17)7(6-8)2-1-5-15/h3-6H,1-2H2,(H,16,17). The van der Waals surface area contributed by atoms with Gasteiger partial charge in [-0.1, -0.05) is 0 Å². The molecule has 0 aromatic heterocycles. The summed E-state index contributed by atoms with van der Waals surface area (Å²) in [7, 11) is 0. The highest BCUT2D eigenvalue weighted by molar-refractivity contribution is 8.00. The van der Waals surface area contributed by atoms with Crippen LogP contribution in [0.2, 0.25) is 0 Å². The van der Waals surface area contributed by atoms with Gasteiger partial charge in [-0.3, -0.25) is 0 Å². The van der Waals surface area contributed by atoms with Gasteiger partial charge in [0.2, 0.25) is 0 Å². The van der Waals surface area contributed by atoms with Crippen molar-refractivity contribution in [1.29, 1.82) is 0 Å². The fourth-order valence-corrected chi connectivity index (χ4v) is 2.00. The van der Waals surface area contributed by atoms with Crippen molar-refractivity contribution in [2.24, 2.45) is 0 Å². The Kier molecular flexibility index (Phi) is 4.77. The SMILES string of the molecule is O=CCCc1cc(SC(F)(F)F)ccc1C(=O)O. The zero-order chi connectivity index (χ0) is 13.8. The first-order chi connectivity index (χ1) is 8.33. The number of aryl methyl sites for hydroxylation is 1. The number of carboxylic acids is 1. The van der Waals surface area contributed by atoms with Crippen LogP contribution in [0.5, 0.6) is 0 Å². The Labute approximate surface area is 105 Å². The zero-order valence-corrected chi connectivity index (χ0v) is 9.85. The molecule has 18 heavy (non-hydrogen) atoms. The minimum atomic E-state index is -4.42. The maximum atomic E-state index is 12.2. The maximum Gasteiger partial charge on any atom is 0.446 e. The number of hydrogen-bond donors (Lipinski definition) is 1. The van der Waals surface area contributed by atoms with Crippen molar-refractivity contribution in [1.82, 2.24) is 0 Å². The maximum absolute atomic E-state index is 12.2. The summed E-state index contributed by atoms with van der Waals surface area (Å²) in [4.78, 5) is 21.0. The van der Waals surface area contributed by atoms with Crippen LogP contribution in [-0.2, 0) is 11.2 Å². The van der Waals surface area contributed by atoms with Crippen molar-refractivity contribution in [3.8, 4) is 0 Å². The Morgan fingerprint density at radius 3 is 2.56 bits per heavy atom. The molecule has 0 heterocycles. The summed E-state index contributed by atoms with van der Waals surface area (Å²) in [5, 5.41) is 8.87. The molecule has 0 saturated carbocycles. The summed E-state index contributed by atoms with van der Waals surface area (Å²) < 4.78 is 36.5. The lowest BCUT2D eigenvalue weighted by molar-refractivity contribution is -0.107. The van der Waals surface area contributed by atoms with E-state index in [1.54, 1.807) is 0 Å². The van der Waals surface area contributed by atoms with Crippen molar-refractivity contribution < 1.29 is 27.9 Å². The number of rotatable bonds is 5. The van der Waals surface area contributed by atoms with Crippen LogP contribution in [0.25, 0.3) is 0 Å². The van der Waals surface area contributed by atoms with E-state index in [-0.39, 0.29) is 40.6 Å². The van der Waals surface area contributed by atoms with Crippen molar-refractivity contribution >= 4 is 24.0 Å². The van der Waals surface area contributed by atoms with Gasteiger partial charge in [0.25, 0.3) is 0 Å². The van der Waals surface area contributed by atoms with E-state index in [0.717, 1.165) is 18.2 Å². The van der Waals surface area contributed by atoms with Crippen LogP contribution >= 0.6 is 11.8 Å². The summed E-state index contributed by atoms with van der Waals surface area (Å²) in [6, 6.07) is 3.38. The molecule has 0 unspecified atom stereocenters. The third-order valence-electron chi connectivity index (χ3n) is 2.07. The van der Waals surface area contributed by atoms with Crippen LogP contribution < -0.4 is 0 Å². The molecule has 98 valence electrons. The summed E-state index contributed by atoms with van der Waals surface area (Å²) in [5.41, 5.74) is -4.28. The molecule has 1 rings (SSSR count). The molecule has 0 aliphatic heterocycles. The summed E-state index contributed by atoms with van der Waals surface area (Å²) >= 11 is -0.312. The van der Waals surface area contributed by atoms with Crippen LogP contribution in [0.3, 0.4) is 0 Å².